The summed E-state index contributed by atoms with van der Waals surface area (Å²) in [5, 5.41) is 13.3. The van der Waals surface area contributed by atoms with Crippen LogP contribution in [0.1, 0.15) is 36.4 Å². The van der Waals surface area contributed by atoms with E-state index in [0.717, 1.165) is 12.8 Å². The van der Waals surface area contributed by atoms with Crippen LogP contribution in [-0.4, -0.2) is 41.0 Å². The fourth-order valence-corrected chi connectivity index (χ4v) is 2.83. The number of anilines is 1. The maximum atomic E-state index is 12.2. The lowest BCUT2D eigenvalue weighted by Gasteiger charge is -2.25. The molecule has 0 atom stereocenters. The van der Waals surface area contributed by atoms with Gasteiger partial charge in [0.15, 0.2) is 0 Å². The van der Waals surface area contributed by atoms with Gasteiger partial charge in [-0.05, 0) is 38.8 Å². The third kappa shape index (κ3) is 4.05. The molecule has 0 bridgehead atoms. The minimum atomic E-state index is -0.926. The number of amides is 2. The molecule has 1 aliphatic carbocycles. The predicted molar refractivity (Wildman–Crippen MR) is 78.9 cm³/mol. The summed E-state index contributed by atoms with van der Waals surface area (Å²) in [6, 6.07) is 3.45. The van der Waals surface area contributed by atoms with Gasteiger partial charge in [-0.25, -0.2) is 0 Å². The lowest BCUT2D eigenvalue weighted by Crippen LogP contribution is -2.39. The van der Waals surface area contributed by atoms with E-state index >= 15 is 0 Å². The normalized spacial score (nSPS) is 15.0. The summed E-state index contributed by atoms with van der Waals surface area (Å²) in [6.45, 7) is 3.58. The lowest BCUT2D eigenvalue weighted by atomic mass is 10.1. The van der Waals surface area contributed by atoms with Crippen molar-refractivity contribution in [3.63, 3.8) is 0 Å². The van der Waals surface area contributed by atoms with Crippen LogP contribution in [-0.2, 0) is 4.79 Å². The smallest absolute Gasteiger partial charge is 0.263 e. The molecule has 0 aromatic carbocycles. The van der Waals surface area contributed by atoms with E-state index < -0.39 is 5.60 Å². The molecule has 110 valence electrons. The van der Waals surface area contributed by atoms with E-state index in [1.54, 1.807) is 33.0 Å². The predicted octanol–water partition coefficient (Wildman–Crippen LogP) is 1.94. The molecule has 0 saturated heterocycles. The molecule has 2 rings (SSSR count). The number of carbonyl (C=O) groups is 2. The molecule has 1 aromatic heterocycles. The van der Waals surface area contributed by atoms with Crippen LogP contribution in [0.5, 0.6) is 0 Å². The number of thiophene rings is 1. The van der Waals surface area contributed by atoms with Gasteiger partial charge in [0.25, 0.3) is 5.91 Å². The van der Waals surface area contributed by atoms with Crippen LogP contribution in [0.2, 0.25) is 0 Å². The van der Waals surface area contributed by atoms with E-state index in [0.29, 0.717) is 9.88 Å². The molecule has 1 aromatic rings. The monoisotopic (exact) mass is 296 g/mol. The molecular formula is C14H20N2O3S. The lowest BCUT2D eigenvalue weighted by molar-refractivity contribution is -0.117. The number of hydrogen-bond acceptors (Lipinski definition) is 4. The van der Waals surface area contributed by atoms with Gasteiger partial charge in [0.2, 0.25) is 5.91 Å². The number of rotatable bonds is 5. The number of nitrogens with one attached hydrogen (secondary N) is 1. The molecule has 0 spiro atoms. The Morgan fingerprint density at radius 1 is 1.45 bits per heavy atom. The number of nitrogens with zero attached hydrogens (tertiary/aromatic N) is 1. The Kier molecular flexibility index (Phi) is 4.15. The quantitative estimate of drug-likeness (QED) is 0.872. The van der Waals surface area contributed by atoms with Crippen molar-refractivity contribution in [1.82, 2.24) is 4.90 Å². The average Bonchev–Trinajstić information content (AvgIpc) is 3.07. The van der Waals surface area contributed by atoms with Crippen molar-refractivity contribution in [1.29, 1.82) is 0 Å². The second-order valence-corrected chi connectivity index (χ2v) is 6.98. The van der Waals surface area contributed by atoms with Gasteiger partial charge >= 0.3 is 0 Å². The zero-order chi connectivity index (χ0) is 14.9. The van der Waals surface area contributed by atoms with E-state index in [4.69, 9.17) is 0 Å². The van der Waals surface area contributed by atoms with Crippen LogP contribution in [0.4, 0.5) is 5.00 Å². The third-order valence-corrected chi connectivity index (χ3v) is 3.97. The van der Waals surface area contributed by atoms with E-state index in [-0.39, 0.29) is 24.3 Å². The summed E-state index contributed by atoms with van der Waals surface area (Å²) < 4.78 is 0. The highest BCUT2D eigenvalue weighted by Crippen LogP contribution is 2.31. The largest absolute Gasteiger partial charge is 0.389 e. The molecule has 1 saturated carbocycles. The molecule has 1 heterocycles. The molecule has 20 heavy (non-hydrogen) atoms. The first-order chi connectivity index (χ1) is 9.26. The number of carbonyl (C=O) groups excluding carboxylic acids is 2. The van der Waals surface area contributed by atoms with Gasteiger partial charge in [-0.3, -0.25) is 9.59 Å². The van der Waals surface area contributed by atoms with E-state index in [1.807, 2.05) is 0 Å². The van der Waals surface area contributed by atoms with Crippen molar-refractivity contribution in [2.24, 2.45) is 5.92 Å². The molecule has 0 radical (unpaired) electrons. The minimum absolute atomic E-state index is 0.0377. The third-order valence-electron chi connectivity index (χ3n) is 2.98. The van der Waals surface area contributed by atoms with Crippen LogP contribution in [0.25, 0.3) is 0 Å². The van der Waals surface area contributed by atoms with Crippen molar-refractivity contribution in [3.8, 4) is 0 Å². The van der Waals surface area contributed by atoms with E-state index in [9.17, 15) is 14.7 Å². The summed E-state index contributed by atoms with van der Waals surface area (Å²) in [4.78, 5) is 25.9. The van der Waals surface area contributed by atoms with Gasteiger partial charge in [0, 0.05) is 19.5 Å². The Morgan fingerprint density at radius 3 is 2.65 bits per heavy atom. The highest BCUT2D eigenvalue weighted by atomic mass is 32.1. The molecule has 2 N–H and O–H groups in total. The fourth-order valence-electron chi connectivity index (χ4n) is 1.93. The van der Waals surface area contributed by atoms with Gasteiger partial charge in [-0.1, -0.05) is 0 Å². The molecular weight excluding hydrogens is 276 g/mol. The molecule has 0 aliphatic heterocycles. The van der Waals surface area contributed by atoms with Crippen molar-refractivity contribution in [3.05, 3.63) is 17.0 Å². The molecule has 1 fully saturated rings. The van der Waals surface area contributed by atoms with E-state index in [1.165, 1.54) is 16.2 Å². The summed E-state index contributed by atoms with van der Waals surface area (Å²) in [5.41, 5.74) is -0.926. The van der Waals surface area contributed by atoms with Gasteiger partial charge in [-0.15, -0.1) is 11.3 Å². The Morgan fingerprint density at radius 2 is 2.10 bits per heavy atom. The summed E-state index contributed by atoms with van der Waals surface area (Å²) in [6.07, 6.45) is 1.91. The maximum Gasteiger partial charge on any atom is 0.263 e. The first kappa shape index (κ1) is 15.0. The molecule has 6 heteroatoms. The first-order valence-electron chi connectivity index (χ1n) is 6.65. The Bertz CT molecular complexity index is 515. The van der Waals surface area contributed by atoms with Crippen LogP contribution < -0.4 is 5.32 Å². The molecule has 5 nitrogen and oxygen atoms in total. The van der Waals surface area contributed by atoms with Gasteiger partial charge in [-0.2, -0.15) is 0 Å². The first-order valence-corrected chi connectivity index (χ1v) is 7.46. The second-order valence-electron chi connectivity index (χ2n) is 5.90. The molecule has 1 aliphatic rings. The Hall–Kier alpha value is -1.40. The molecule has 2 amide bonds. The topological polar surface area (TPSA) is 69.6 Å². The van der Waals surface area contributed by atoms with Gasteiger partial charge < -0.3 is 15.3 Å². The SMILES string of the molecule is CN(CC(C)(C)O)C(=O)c1ccc(NC(=O)C2CC2)s1. The summed E-state index contributed by atoms with van der Waals surface area (Å²) in [7, 11) is 1.66. The standard InChI is InChI=1S/C14H20N2O3S/c1-14(2,19)8-16(3)13(18)10-6-7-11(20-10)15-12(17)9-4-5-9/h6-7,9,19H,4-5,8H2,1-3H3,(H,15,17). The number of hydrogen-bond donors (Lipinski definition) is 2. The van der Waals surface area contributed by atoms with Gasteiger partial charge in [0.1, 0.15) is 0 Å². The van der Waals surface area contributed by atoms with Crippen molar-refractivity contribution < 1.29 is 14.7 Å². The fraction of sp³-hybridized carbons (Fsp3) is 0.571. The van der Waals surface area contributed by atoms with Crippen LogP contribution >= 0.6 is 11.3 Å². The van der Waals surface area contributed by atoms with Crippen LogP contribution in [0.15, 0.2) is 12.1 Å². The Balaban J connectivity index is 1.96. The van der Waals surface area contributed by atoms with Crippen LogP contribution in [0, 0.1) is 5.92 Å². The summed E-state index contributed by atoms with van der Waals surface area (Å²) in [5.74, 6) is 0.0360. The van der Waals surface area contributed by atoms with Crippen molar-refractivity contribution in [2.45, 2.75) is 32.3 Å². The summed E-state index contributed by atoms with van der Waals surface area (Å²) >= 11 is 1.26. The van der Waals surface area contributed by atoms with Gasteiger partial charge in [0.05, 0.1) is 15.5 Å². The molecule has 0 unspecified atom stereocenters. The highest BCUT2D eigenvalue weighted by molar-refractivity contribution is 7.18. The zero-order valence-corrected chi connectivity index (χ0v) is 12.8. The van der Waals surface area contributed by atoms with Crippen molar-refractivity contribution in [2.75, 3.05) is 18.9 Å². The van der Waals surface area contributed by atoms with Crippen LogP contribution in [0.3, 0.4) is 0 Å². The maximum absolute atomic E-state index is 12.2. The average molecular weight is 296 g/mol. The minimum Gasteiger partial charge on any atom is -0.389 e. The zero-order valence-electron chi connectivity index (χ0n) is 12.0. The number of aliphatic hydroxyl groups is 1. The second kappa shape index (κ2) is 5.54. The Labute approximate surface area is 122 Å². The number of likely N-dealkylation sites (N-methyl/N-ethyl adjacent to an activating group) is 1. The highest BCUT2D eigenvalue weighted by Gasteiger charge is 2.30. The van der Waals surface area contributed by atoms with Crippen molar-refractivity contribution >= 4 is 28.2 Å². The van der Waals surface area contributed by atoms with E-state index in [2.05, 4.69) is 5.32 Å².